The van der Waals surface area contributed by atoms with Crippen LogP contribution in [-0.2, 0) is 4.79 Å². The molecule has 2 unspecified atom stereocenters. The number of carbonyl (C=O) groups is 1. The molecule has 0 aromatic heterocycles. The molecule has 1 aromatic carbocycles. The molecule has 3 nitrogen and oxygen atoms in total. The first-order valence-electron chi connectivity index (χ1n) is 6.69. The molecule has 2 N–H and O–H groups in total. The molecule has 116 valence electrons. The number of thioether (sulfide) groups is 1. The fourth-order valence-electron chi connectivity index (χ4n) is 2.25. The first-order valence-corrected chi connectivity index (χ1v) is 7.68. The van der Waals surface area contributed by atoms with E-state index in [1.165, 1.54) is 0 Å². The Bertz CT molecular complexity index is 507. The molecule has 1 aromatic rings. The molecule has 1 aliphatic rings. The van der Waals surface area contributed by atoms with Crippen molar-refractivity contribution in [1.29, 1.82) is 0 Å². The maximum atomic E-state index is 12.3. The van der Waals surface area contributed by atoms with Crippen molar-refractivity contribution in [2.24, 2.45) is 5.92 Å². The lowest BCUT2D eigenvalue weighted by Crippen LogP contribution is -2.39. The van der Waals surface area contributed by atoms with Gasteiger partial charge < -0.3 is 10.6 Å². The summed E-state index contributed by atoms with van der Waals surface area (Å²) in [6, 6.07) is 6.27. The minimum atomic E-state index is -4.23. The molecule has 1 amide bonds. The zero-order chi connectivity index (χ0) is 15.5. The second kappa shape index (κ2) is 6.70. The SMILES string of the molecule is CC1CCNC1C(=O)Nc1ccccc1SCC(F)(F)F. The molecule has 2 rings (SSSR count). The minimum Gasteiger partial charge on any atom is -0.324 e. The number of carbonyl (C=O) groups excluding carboxylic acids is 1. The molecule has 1 saturated heterocycles. The Kier molecular flexibility index (Phi) is 5.16. The normalized spacial score (nSPS) is 22.3. The standard InChI is InChI=1S/C14H17F3N2OS/c1-9-6-7-18-12(9)13(20)19-10-4-2-3-5-11(10)21-8-14(15,16)17/h2-5,9,12,18H,6-8H2,1H3,(H,19,20). The highest BCUT2D eigenvalue weighted by atomic mass is 32.2. The molecular formula is C14H17F3N2OS. The van der Waals surface area contributed by atoms with Crippen LogP contribution in [0, 0.1) is 5.92 Å². The van der Waals surface area contributed by atoms with E-state index in [1.54, 1.807) is 24.3 Å². The molecule has 2 atom stereocenters. The number of rotatable bonds is 4. The summed E-state index contributed by atoms with van der Waals surface area (Å²) in [4.78, 5) is 12.6. The Morgan fingerprint density at radius 2 is 2.14 bits per heavy atom. The van der Waals surface area contributed by atoms with E-state index < -0.39 is 11.9 Å². The molecular weight excluding hydrogens is 301 g/mol. The Hall–Kier alpha value is -1.21. The topological polar surface area (TPSA) is 41.1 Å². The van der Waals surface area contributed by atoms with Crippen LogP contribution in [-0.4, -0.2) is 30.4 Å². The highest BCUT2D eigenvalue weighted by Crippen LogP contribution is 2.32. The fraction of sp³-hybridized carbons (Fsp3) is 0.500. The van der Waals surface area contributed by atoms with Crippen molar-refractivity contribution in [1.82, 2.24) is 5.32 Å². The lowest BCUT2D eigenvalue weighted by molar-refractivity contribution is -0.118. The second-order valence-electron chi connectivity index (χ2n) is 5.09. The molecule has 1 aliphatic heterocycles. The van der Waals surface area contributed by atoms with E-state index in [-0.39, 0.29) is 17.9 Å². The van der Waals surface area contributed by atoms with Crippen LogP contribution in [0.15, 0.2) is 29.2 Å². The Morgan fingerprint density at radius 3 is 2.76 bits per heavy atom. The molecule has 0 spiro atoms. The molecule has 0 aliphatic carbocycles. The molecule has 0 radical (unpaired) electrons. The predicted molar refractivity (Wildman–Crippen MR) is 77.4 cm³/mol. The quantitative estimate of drug-likeness (QED) is 0.837. The van der Waals surface area contributed by atoms with E-state index in [0.29, 0.717) is 22.3 Å². The van der Waals surface area contributed by atoms with Crippen LogP contribution >= 0.6 is 11.8 Å². The average Bonchev–Trinajstić information content (AvgIpc) is 2.83. The number of nitrogens with one attached hydrogen (secondary N) is 2. The monoisotopic (exact) mass is 318 g/mol. The van der Waals surface area contributed by atoms with Crippen molar-refractivity contribution in [2.75, 3.05) is 17.6 Å². The number of hydrogen-bond donors (Lipinski definition) is 2. The third kappa shape index (κ3) is 4.64. The molecule has 21 heavy (non-hydrogen) atoms. The summed E-state index contributed by atoms with van der Waals surface area (Å²) in [7, 11) is 0. The summed E-state index contributed by atoms with van der Waals surface area (Å²) >= 11 is 0.679. The van der Waals surface area contributed by atoms with Crippen LogP contribution in [0.5, 0.6) is 0 Å². The zero-order valence-electron chi connectivity index (χ0n) is 11.5. The lowest BCUT2D eigenvalue weighted by Gasteiger charge is -2.17. The van der Waals surface area contributed by atoms with Gasteiger partial charge in [0.25, 0.3) is 0 Å². The van der Waals surface area contributed by atoms with Gasteiger partial charge in [-0.25, -0.2) is 0 Å². The highest BCUT2D eigenvalue weighted by molar-refractivity contribution is 7.99. The van der Waals surface area contributed by atoms with Gasteiger partial charge >= 0.3 is 6.18 Å². The van der Waals surface area contributed by atoms with Gasteiger partial charge in [-0.1, -0.05) is 19.1 Å². The summed E-state index contributed by atoms with van der Waals surface area (Å²) < 4.78 is 36.9. The number of benzene rings is 1. The smallest absolute Gasteiger partial charge is 0.324 e. The largest absolute Gasteiger partial charge is 0.398 e. The van der Waals surface area contributed by atoms with Crippen LogP contribution in [0.4, 0.5) is 18.9 Å². The number of anilines is 1. The molecule has 7 heteroatoms. The van der Waals surface area contributed by atoms with Crippen LogP contribution < -0.4 is 10.6 Å². The van der Waals surface area contributed by atoms with Crippen LogP contribution in [0.3, 0.4) is 0 Å². The van der Waals surface area contributed by atoms with E-state index in [9.17, 15) is 18.0 Å². The van der Waals surface area contributed by atoms with E-state index in [2.05, 4.69) is 10.6 Å². The third-order valence-corrected chi connectivity index (χ3v) is 4.49. The van der Waals surface area contributed by atoms with Crippen molar-refractivity contribution in [3.8, 4) is 0 Å². The van der Waals surface area contributed by atoms with Gasteiger partial charge in [-0.05, 0) is 31.0 Å². The molecule has 0 saturated carbocycles. The summed E-state index contributed by atoms with van der Waals surface area (Å²) in [6.07, 6.45) is -3.31. The van der Waals surface area contributed by atoms with E-state index in [0.717, 1.165) is 13.0 Å². The summed E-state index contributed by atoms with van der Waals surface area (Å²) in [5.41, 5.74) is 0.428. The van der Waals surface area contributed by atoms with Gasteiger partial charge in [-0.15, -0.1) is 11.8 Å². The maximum Gasteiger partial charge on any atom is 0.398 e. The van der Waals surface area contributed by atoms with E-state index in [1.807, 2.05) is 6.92 Å². The third-order valence-electron chi connectivity index (χ3n) is 3.35. The molecule has 1 heterocycles. The minimum absolute atomic E-state index is 0.194. The first-order chi connectivity index (χ1) is 9.87. The summed E-state index contributed by atoms with van der Waals surface area (Å²) in [5.74, 6) is -0.946. The van der Waals surface area contributed by atoms with Crippen molar-refractivity contribution in [2.45, 2.75) is 30.5 Å². The van der Waals surface area contributed by atoms with Gasteiger partial charge in [0, 0.05) is 4.90 Å². The number of alkyl halides is 3. The fourth-order valence-corrected chi connectivity index (χ4v) is 3.02. The van der Waals surface area contributed by atoms with Crippen LogP contribution in [0.25, 0.3) is 0 Å². The second-order valence-corrected chi connectivity index (χ2v) is 6.10. The van der Waals surface area contributed by atoms with Crippen molar-refractivity contribution in [3.63, 3.8) is 0 Å². The predicted octanol–water partition coefficient (Wildman–Crippen LogP) is 3.28. The molecule has 1 fully saturated rings. The lowest BCUT2D eigenvalue weighted by atomic mass is 10.0. The summed E-state index contributed by atoms with van der Waals surface area (Å²) in [6.45, 7) is 2.76. The van der Waals surface area contributed by atoms with Crippen LogP contribution in [0.2, 0.25) is 0 Å². The number of hydrogen-bond acceptors (Lipinski definition) is 3. The maximum absolute atomic E-state index is 12.3. The van der Waals surface area contributed by atoms with E-state index >= 15 is 0 Å². The number of halogens is 3. The Morgan fingerprint density at radius 1 is 1.43 bits per heavy atom. The zero-order valence-corrected chi connectivity index (χ0v) is 12.4. The van der Waals surface area contributed by atoms with Gasteiger partial charge in [-0.2, -0.15) is 13.2 Å². The van der Waals surface area contributed by atoms with Crippen molar-refractivity contribution >= 4 is 23.4 Å². The van der Waals surface area contributed by atoms with Gasteiger partial charge in [0.15, 0.2) is 0 Å². The Balaban J connectivity index is 2.04. The van der Waals surface area contributed by atoms with Gasteiger partial charge in [-0.3, -0.25) is 4.79 Å². The van der Waals surface area contributed by atoms with Crippen LogP contribution in [0.1, 0.15) is 13.3 Å². The van der Waals surface area contributed by atoms with Gasteiger partial charge in [0.2, 0.25) is 5.91 Å². The summed E-state index contributed by atoms with van der Waals surface area (Å²) in [5, 5.41) is 5.83. The molecule has 0 bridgehead atoms. The Labute approximate surface area is 125 Å². The highest BCUT2D eigenvalue weighted by Gasteiger charge is 2.30. The van der Waals surface area contributed by atoms with Gasteiger partial charge in [0.1, 0.15) is 0 Å². The van der Waals surface area contributed by atoms with Gasteiger partial charge in [0.05, 0.1) is 17.5 Å². The van der Waals surface area contributed by atoms with Crippen molar-refractivity contribution in [3.05, 3.63) is 24.3 Å². The van der Waals surface area contributed by atoms with E-state index in [4.69, 9.17) is 0 Å². The number of amides is 1. The first kappa shape index (κ1) is 16.2. The number of para-hydroxylation sites is 1. The average molecular weight is 318 g/mol. The van der Waals surface area contributed by atoms with Crippen molar-refractivity contribution < 1.29 is 18.0 Å².